The lowest BCUT2D eigenvalue weighted by atomic mass is 10.1. The standard InChI is InChI=1S/C16H18F3N7S/c17-16(18,19)11-5-9(6-23-14(11)20)12-7-24-15-26(12)25-13(27-15)8-22-10-1-3-21-4-2-10/h5-7,10,21-22H,1-4,8H2,(H2,20,23). The van der Waals surface area contributed by atoms with Crippen molar-refractivity contribution in [2.45, 2.75) is 31.6 Å². The molecular weight excluding hydrogens is 379 g/mol. The Labute approximate surface area is 156 Å². The fourth-order valence-electron chi connectivity index (χ4n) is 3.10. The number of nitrogens with one attached hydrogen (secondary N) is 2. The number of nitrogens with zero attached hydrogens (tertiary/aromatic N) is 4. The highest BCUT2D eigenvalue weighted by molar-refractivity contribution is 7.16. The maximum absolute atomic E-state index is 13.1. The normalized spacial score (nSPS) is 16.3. The van der Waals surface area contributed by atoms with Crippen LogP contribution in [0.4, 0.5) is 19.0 Å². The molecule has 0 unspecified atom stereocenters. The van der Waals surface area contributed by atoms with Crippen LogP contribution in [0, 0.1) is 0 Å². The number of rotatable bonds is 4. The number of piperidine rings is 1. The van der Waals surface area contributed by atoms with Crippen molar-refractivity contribution in [1.82, 2.24) is 30.2 Å². The third-order valence-electron chi connectivity index (χ3n) is 4.53. The van der Waals surface area contributed by atoms with E-state index in [1.165, 1.54) is 23.7 Å². The highest BCUT2D eigenvalue weighted by atomic mass is 32.1. The van der Waals surface area contributed by atoms with Crippen molar-refractivity contribution in [3.8, 4) is 11.3 Å². The van der Waals surface area contributed by atoms with Gasteiger partial charge >= 0.3 is 6.18 Å². The van der Waals surface area contributed by atoms with Crippen LogP contribution in [0.15, 0.2) is 18.5 Å². The van der Waals surface area contributed by atoms with E-state index in [2.05, 4.69) is 25.7 Å². The molecule has 3 aromatic rings. The van der Waals surface area contributed by atoms with E-state index in [0.29, 0.717) is 23.2 Å². The van der Waals surface area contributed by atoms with Crippen molar-refractivity contribution in [2.24, 2.45) is 0 Å². The van der Waals surface area contributed by atoms with Crippen LogP contribution in [0.2, 0.25) is 0 Å². The summed E-state index contributed by atoms with van der Waals surface area (Å²) in [6.07, 6.45) is 0.357. The molecule has 4 N–H and O–H groups in total. The molecule has 144 valence electrons. The van der Waals surface area contributed by atoms with Crippen molar-refractivity contribution in [2.75, 3.05) is 18.8 Å². The smallest absolute Gasteiger partial charge is 0.383 e. The second-order valence-corrected chi connectivity index (χ2v) is 7.43. The van der Waals surface area contributed by atoms with Gasteiger partial charge in [0, 0.05) is 24.3 Å². The molecule has 1 aliphatic rings. The van der Waals surface area contributed by atoms with E-state index in [4.69, 9.17) is 5.73 Å². The Morgan fingerprint density at radius 1 is 1.26 bits per heavy atom. The number of pyridine rings is 1. The lowest BCUT2D eigenvalue weighted by Gasteiger charge is -2.23. The lowest BCUT2D eigenvalue weighted by molar-refractivity contribution is -0.137. The van der Waals surface area contributed by atoms with Gasteiger partial charge in [-0.2, -0.15) is 18.3 Å². The number of hydrogen-bond donors (Lipinski definition) is 3. The fraction of sp³-hybridized carbons (Fsp3) is 0.438. The van der Waals surface area contributed by atoms with Gasteiger partial charge in [-0.1, -0.05) is 11.3 Å². The summed E-state index contributed by atoms with van der Waals surface area (Å²) in [5.74, 6) is -0.544. The lowest BCUT2D eigenvalue weighted by Crippen LogP contribution is -2.39. The zero-order valence-corrected chi connectivity index (χ0v) is 15.1. The SMILES string of the molecule is Nc1ncc(-c2cnc3sc(CNC4CCNCC4)nn23)cc1C(F)(F)F. The Hall–Kier alpha value is -2.24. The van der Waals surface area contributed by atoms with Crippen molar-refractivity contribution < 1.29 is 13.2 Å². The molecule has 27 heavy (non-hydrogen) atoms. The van der Waals surface area contributed by atoms with Crippen LogP contribution >= 0.6 is 11.3 Å². The molecule has 0 saturated carbocycles. The Bertz CT molecular complexity index is 943. The first-order valence-electron chi connectivity index (χ1n) is 8.52. The van der Waals surface area contributed by atoms with Crippen LogP contribution in [-0.4, -0.2) is 38.7 Å². The van der Waals surface area contributed by atoms with Crippen LogP contribution in [0.1, 0.15) is 23.4 Å². The summed E-state index contributed by atoms with van der Waals surface area (Å²) in [5, 5.41) is 12.1. The van der Waals surface area contributed by atoms with Crippen molar-refractivity contribution in [3.63, 3.8) is 0 Å². The number of alkyl halides is 3. The van der Waals surface area contributed by atoms with Gasteiger partial charge in [-0.25, -0.2) is 14.5 Å². The first kappa shape index (κ1) is 18.1. The van der Waals surface area contributed by atoms with Gasteiger partial charge in [0.25, 0.3) is 0 Å². The minimum Gasteiger partial charge on any atom is -0.383 e. The number of halogens is 3. The zero-order valence-electron chi connectivity index (χ0n) is 14.3. The molecule has 0 aromatic carbocycles. The Balaban J connectivity index is 1.59. The van der Waals surface area contributed by atoms with Gasteiger partial charge in [0.1, 0.15) is 10.8 Å². The number of hydrogen-bond acceptors (Lipinski definition) is 7. The zero-order chi connectivity index (χ0) is 19.0. The van der Waals surface area contributed by atoms with E-state index >= 15 is 0 Å². The minimum atomic E-state index is -4.57. The van der Waals surface area contributed by atoms with Crippen LogP contribution in [0.25, 0.3) is 16.2 Å². The van der Waals surface area contributed by atoms with Crippen molar-refractivity contribution >= 4 is 22.1 Å². The molecule has 0 bridgehead atoms. The third-order valence-corrected chi connectivity index (χ3v) is 5.45. The Kier molecular flexibility index (Phi) is 4.74. The number of nitrogen functional groups attached to an aromatic ring is 1. The van der Waals surface area contributed by atoms with E-state index in [1.807, 2.05) is 0 Å². The van der Waals surface area contributed by atoms with E-state index in [1.54, 1.807) is 4.52 Å². The van der Waals surface area contributed by atoms with Gasteiger partial charge in [0.2, 0.25) is 4.96 Å². The summed E-state index contributed by atoms with van der Waals surface area (Å²) < 4.78 is 40.8. The van der Waals surface area contributed by atoms with Crippen molar-refractivity contribution in [3.05, 3.63) is 29.0 Å². The van der Waals surface area contributed by atoms with Crippen LogP contribution in [0.3, 0.4) is 0 Å². The summed E-state index contributed by atoms with van der Waals surface area (Å²) in [4.78, 5) is 8.57. The molecule has 11 heteroatoms. The van der Waals surface area contributed by atoms with E-state index in [0.717, 1.165) is 37.0 Å². The highest BCUT2D eigenvalue weighted by Crippen LogP contribution is 2.35. The third kappa shape index (κ3) is 3.75. The van der Waals surface area contributed by atoms with Crippen LogP contribution in [0.5, 0.6) is 0 Å². The quantitative estimate of drug-likeness (QED) is 0.626. The second-order valence-electron chi connectivity index (χ2n) is 6.39. The van der Waals surface area contributed by atoms with E-state index in [-0.39, 0.29) is 5.56 Å². The molecule has 0 atom stereocenters. The monoisotopic (exact) mass is 397 g/mol. The summed E-state index contributed by atoms with van der Waals surface area (Å²) >= 11 is 1.41. The number of aromatic nitrogens is 4. The van der Waals surface area contributed by atoms with Crippen LogP contribution < -0.4 is 16.4 Å². The molecule has 0 aliphatic carbocycles. The van der Waals surface area contributed by atoms with Crippen LogP contribution in [-0.2, 0) is 12.7 Å². The number of fused-ring (bicyclic) bond motifs is 1. The van der Waals surface area contributed by atoms with Crippen molar-refractivity contribution in [1.29, 1.82) is 0 Å². The van der Waals surface area contributed by atoms with Gasteiger partial charge in [0.15, 0.2) is 0 Å². The van der Waals surface area contributed by atoms with Gasteiger partial charge in [0.05, 0.1) is 17.5 Å². The van der Waals surface area contributed by atoms with Gasteiger partial charge in [-0.15, -0.1) is 0 Å². The largest absolute Gasteiger partial charge is 0.419 e. The number of imidazole rings is 1. The molecule has 1 fully saturated rings. The van der Waals surface area contributed by atoms with Gasteiger partial charge in [-0.05, 0) is 32.0 Å². The predicted octanol–water partition coefficient (Wildman–Crippen LogP) is 2.30. The fourth-order valence-corrected chi connectivity index (χ4v) is 3.92. The summed E-state index contributed by atoms with van der Waals surface area (Å²) in [6, 6.07) is 1.43. The molecule has 0 amide bonds. The molecule has 4 heterocycles. The summed E-state index contributed by atoms with van der Waals surface area (Å²) in [6.45, 7) is 2.59. The first-order valence-corrected chi connectivity index (χ1v) is 9.34. The topological polar surface area (TPSA) is 93.2 Å². The molecule has 3 aromatic heterocycles. The highest BCUT2D eigenvalue weighted by Gasteiger charge is 2.34. The molecule has 0 spiro atoms. The minimum absolute atomic E-state index is 0.271. The Morgan fingerprint density at radius 3 is 2.78 bits per heavy atom. The molecular formula is C16H18F3N7S. The summed E-state index contributed by atoms with van der Waals surface area (Å²) in [7, 11) is 0. The molecule has 1 aliphatic heterocycles. The van der Waals surface area contributed by atoms with Gasteiger partial charge in [-0.3, -0.25) is 0 Å². The second kappa shape index (κ2) is 7.06. The average molecular weight is 397 g/mol. The Morgan fingerprint density at radius 2 is 2.04 bits per heavy atom. The average Bonchev–Trinajstić information content (AvgIpc) is 3.21. The molecule has 4 rings (SSSR count). The maximum Gasteiger partial charge on any atom is 0.419 e. The first-order chi connectivity index (χ1) is 12.9. The van der Waals surface area contributed by atoms with Gasteiger partial charge < -0.3 is 16.4 Å². The molecule has 1 saturated heterocycles. The maximum atomic E-state index is 13.1. The van der Waals surface area contributed by atoms with E-state index < -0.39 is 17.6 Å². The number of anilines is 1. The van der Waals surface area contributed by atoms with E-state index in [9.17, 15) is 13.2 Å². The molecule has 7 nitrogen and oxygen atoms in total. The molecule has 0 radical (unpaired) electrons. The predicted molar refractivity (Wildman–Crippen MR) is 96.2 cm³/mol. The summed E-state index contributed by atoms with van der Waals surface area (Å²) in [5.41, 5.74) is 5.14. The number of nitrogens with two attached hydrogens (primary N) is 1.